The van der Waals surface area contributed by atoms with Crippen LogP contribution in [0.4, 0.5) is 5.69 Å². The maximum atomic E-state index is 12.8. The van der Waals surface area contributed by atoms with Gasteiger partial charge in [0.15, 0.2) is 6.29 Å². The number of fused-ring (bicyclic) bond motifs is 1. The van der Waals surface area contributed by atoms with Crippen molar-refractivity contribution in [2.45, 2.75) is 51.7 Å². The van der Waals surface area contributed by atoms with Gasteiger partial charge in [-0.05, 0) is 38.5 Å². The molecular weight excluding hydrogens is 310 g/mol. The molecule has 1 aromatic carbocycles. The normalized spacial score (nSPS) is 16.3. The molecule has 0 amide bonds. The monoisotopic (exact) mass is 335 g/mol. The van der Waals surface area contributed by atoms with E-state index in [-0.39, 0.29) is 12.0 Å². The molecule has 1 aromatic heterocycles. The standard InChI is InChI=1S/C17H25N3O4/c1-17(2,22)6-8-20-14-11-12(18)3-4-13(14)19(16(20)21)7-5-15-23-9-10-24-15/h3-4,11,15,22H,5-10,18H2,1-2H3. The summed E-state index contributed by atoms with van der Waals surface area (Å²) in [7, 11) is 0. The highest BCUT2D eigenvalue weighted by Crippen LogP contribution is 2.20. The largest absolute Gasteiger partial charge is 0.399 e. The molecule has 2 heterocycles. The Morgan fingerprint density at radius 2 is 1.88 bits per heavy atom. The summed E-state index contributed by atoms with van der Waals surface area (Å²) in [5.41, 5.74) is 7.20. The fourth-order valence-corrected chi connectivity index (χ4v) is 2.96. The molecule has 7 heteroatoms. The van der Waals surface area contributed by atoms with Crippen LogP contribution in [0, 0.1) is 0 Å². The van der Waals surface area contributed by atoms with Crippen molar-refractivity contribution >= 4 is 16.7 Å². The Morgan fingerprint density at radius 1 is 1.21 bits per heavy atom. The number of aromatic nitrogens is 2. The second-order valence-electron chi connectivity index (χ2n) is 6.86. The minimum atomic E-state index is -0.834. The van der Waals surface area contributed by atoms with Crippen LogP contribution in [0.25, 0.3) is 11.0 Å². The first kappa shape index (κ1) is 17.0. The number of ether oxygens (including phenoxy) is 2. The van der Waals surface area contributed by atoms with Gasteiger partial charge in [0.25, 0.3) is 0 Å². The smallest absolute Gasteiger partial charge is 0.329 e. The number of aryl methyl sites for hydroxylation is 2. The quantitative estimate of drug-likeness (QED) is 0.777. The van der Waals surface area contributed by atoms with Crippen LogP contribution in [0.1, 0.15) is 26.7 Å². The summed E-state index contributed by atoms with van der Waals surface area (Å²) < 4.78 is 14.3. The molecule has 1 fully saturated rings. The molecule has 0 radical (unpaired) electrons. The van der Waals surface area contributed by atoms with Crippen LogP contribution in [0.3, 0.4) is 0 Å². The molecule has 2 aromatic rings. The van der Waals surface area contributed by atoms with E-state index in [9.17, 15) is 9.90 Å². The first-order valence-electron chi connectivity index (χ1n) is 8.29. The number of benzene rings is 1. The van der Waals surface area contributed by atoms with Gasteiger partial charge in [-0.3, -0.25) is 9.13 Å². The molecule has 3 N–H and O–H groups in total. The highest BCUT2D eigenvalue weighted by atomic mass is 16.7. The topological polar surface area (TPSA) is 91.6 Å². The first-order valence-corrected chi connectivity index (χ1v) is 8.29. The Balaban J connectivity index is 1.92. The van der Waals surface area contributed by atoms with Crippen molar-refractivity contribution in [2.75, 3.05) is 18.9 Å². The summed E-state index contributed by atoms with van der Waals surface area (Å²) in [6, 6.07) is 5.46. The Morgan fingerprint density at radius 3 is 2.54 bits per heavy atom. The summed E-state index contributed by atoms with van der Waals surface area (Å²) in [5.74, 6) is 0. The van der Waals surface area contributed by atoms with E-state index >= 15 is 0 Å². The van der Waals surface area contributed by atoms with Crippen molar-refractivity contribution in [1.82, 2.24) is 9.13 Å². The fourth-order valence-electron chi connectivity index (χ4n) is 2.96. The lowest BCUT2D eigenvalue weighted by atomic mass is 10.1. The molecule has 7 nitrogen and oxygen atoms in total. The van der Waals surface area contributed by atoms with Gasteiger partial charge < -0.3 is 20.3 Å². The summed E-state index contributed by atoms with van der Waals surface area (Å²) >= 11 is 0. The molecule has 1 saturated heterocycles. The number of anilines is 1. The predicted molar refractivity (Wildman–Crippen MR) is 91.8 cm³/mol. The minimum absolute atomic E-state index is 0.0992. The molecule has 0 spiro atoms. The summed E-state index contributed by atoms with van der Waals surface area (Å²) in [4.78, 5) is 12.8. The van der Waals surface area contributed by atoms with Gasteiger partial charge in [-0.25, -0.2) is 4.79 Å². The van der Waals surface area contributed by atoms with E-state index in [1.54, 1.807) is 35.1 Å². The lowest BCUT2D eigenvalue weighted by molar-refractivity contribution is -0.0490. The third-order valence-electron chi connectivity index (χ3n) is 4.27. The van der Waals surface area contributed by atoms with Crippen LogP contribution in [-0.4, -0.2) is 39.3 Å². The number of nitrogen functional groups attached to an aromatic ring is 1. The number of imidazole rings is 1. The van der Waals surface area contributed by atoms with E-state index < -0.39 is 5.60 Å². The summed E-state index contributed by atoms with van der Waals surface area (Å²) in [5, 5.41) is 9.97. The second kappa shape index (κ2) is 6.58. The lowest BCUT2D eigenvalue weighted by Crippen LogP contribution is -2.29. The van der Waals surface area contributed by atoms with E-state index in [2.05, 4.69) is 0 Å². The van der Waals surface area contributed by atoms with E-state index in [0.717, 1.165) is 11.0 Å². The van der Waals surface area contributed by atoms with Gasteiger partial charge in [-0.15, -0.1) is 0 Å². The van der Waals surface area contributed by atoms with E-state index in [1.807, 2.05) is 6.07 Å². The van der Waals surface area contributed by atoms with Gasteiger partial charge in [0.2, 0.25) is 0 Å². The number of rotatable bonds is 6. The van der Waals surface area contributed by atoms with Gasteiger partial charge in [-0.1, -0.05) is 0 Å². The summed E-state index contributed by atoms with van der Waals surface area (Å²) in [6.45, 7) is 5.62. The zero-order chi connectivity index (χ0) is 17.3. The van der Waals surface area contributed by atoms with E-state index in [4.69, 9.17) is 15.2 Å². The molecule has 3 rings (SSSR count). The molecule has 0 bridgehead atoms. The number of nitrogens with two attached hydrogens (primary N) is 1. The molecule has 0 saturated carbocycles. The van der Waals surface area contributed by atoms with Crippen LogP contribution in [-0.2, 0) is 22.6 Å². The molecule has 24 heavy (non-hydrogen) atoms. The van der Waals surface area contributed by atoms with E-state index in [1.165, 1.54) is 0 Å². The van der Waals surface area contributed by atoms with Gasteiger partial charge >= 0.3 is 5.69 Å². The van der Waals surface area contributed by atoms with Crippen molar-refractivity contribution in [3.05, 3.63) is 28.7 Å². The Labute approximate surface area is 140 Å². The van der Waals surface area contributed by atoms with E-state index in [0.29, 0.717) is 44.8 Å². The molecule has 132 valence electrons. The van der Waals surface area contributed by atoms with Crippen LogP contribution in [0.5, 0.6) is 0 Å². The third kappa shape index (κ3) is 3.63. The minimum Gasteiger partial charge on any atom is -0.399 e. The second-order valence-corrected chi connectivity index (χ2v) is 6.86. The van der Waals surface area contributed by atoms with Crippen molar-refractivity contribution in [1.29, 1.82) is 0 Å². The molecule has 0 atom stereocenters. The molecule has 0 aliphatic carbocycles. The molecule has 0 unspecified atom stereocenters. The molecule has 1 aliphatic heterocycles. The number of hydrogen-bond acceptors (Lipinski definition) is 5. The van der Waals surface area contributed by atoms with Crippen LogP contribution in [0.15, 0.2) is 23.0 Å². The number of nitrogens with zero attached hydrogens (tertiary/aromatic N) is 2. The highest BCUT2D eigenvalue weighted by Gasteiger charge is 2.20. The fraction of sp³-hybridized carbons (Fsp3) is 0.588. The first-order chi connectivity index (χ1) is 11.3. The zero-order valence-corrected chi connectivity index (χ0v) is 14.2. The highest BCUT2D eigenvalue weighted by molar-refractivity contribution is 5.79. The average Bonchev–Trinajstić information content (AvgIpc) is 3.09. The molecular formula is C17H25N3O4. The van der Waals surface area contributed by atoms with Crippen molar-refractivity contribution in [3.8, 4) is 0 Å². The van der Waals surface area contributed by atoms with Crippen molar-refractivity contribution in [3.63, 3.8) is 0 Å². The molecule has 1 aliphatic rings. The maximum absolute atomic E-state index is 12.8. The summed E-state index contributed by atoms with van der Waals surface area (Å²) in [6.07, 6.45) is 0.852. The van der Waals surface area contributed by atoms with Crippen molar-refractivity contribution < 1.29 is 14.6 Å². The van der Waals surface area contributed by atoms with Gasteiger partial charge in [0.05, 0.1) is 29.8 Å². The Kier molecular flexibility index (Phi) is 4.67. The third-order valence-corrected chi connectivity index (χ3v) is 4.27. The van der Waals surface area contributed by atoms with Gasteiger partial charge in [-0.2, -0.15) is 0 Å². The van der Waals surface area contributed by atoms with Crippen LogP contribution < -0.4 is 11.4 Å². The SMILES string of the molecule is CC(C)(O)CCn1c(=O)n(CCC2OCCO2)c2ccc(N)cc21. The average molecular weight is 335 g/mol. The maximum Gasteiger partial charge on any atom is 0.329 e. The number of aliphatic hydroxyl groups is 1. The number of hydrogen-bond donors (Lipinski definition) is 2. The Bertz CT molecular complexity index is 766. The predicted octanol–water partition coefficient (Wildman–Crippen LogP) is 1.31. The van der Waals surface area contributed by atoms with Gasteiger partial charge in [0, 0.05) is 25.2 Å². The zero-order valence-electron chi connectivity index (χ0n) is 14.2. The Hall–Kier alpha value is -1.83. The van der Waals surface area contributed by atoms with Crippen LogP contribution >= 0.6 is 0 Å². The van der Waals surface area contributed by atoms with Crippen molar-refractivity contribution in [2.24, 2.45) is 0 Å². The lowest BCUT2D eigenvalue weighted by Gasteiger charge is -2.16. The van der Waals surface area contributed by atoms with Crippen LogP contribution in [0.2, 0.25) is 0 Å². The van der Waals surface area contributed by atoms with Gasteiger partial charge in [0.1, 0.15) is 0 Å².